The van der Waals surface area contributed by atoms with Gasteiger partial charge in [0.1, 0.15) is 0 Å². The van der Waals surface area contributed by atoms with Gasteiger partial charge in [-0.05, 0) is 37.8 Å². The number of likely N-dealkylation sites (tertiary alicyclic amines) is 1. The van der Waals surface area contributed by atoms with Crippen LogP contribution in [0.25, 0.3) is 0 Å². The summed E-state index contributed by atoms with van der Waals surface area (Å²) < 4.78 is 27.0. The number of carbonyl (C=O) groups excluding carboxylic acids is 1. The monoisotopic (exact) mass is 283 g/mol. The first-order valence-electron chi connectivity index (χ1n) is 6.85. The van der Waals surface area contributed by atoms with Crippen LogP contribution in [0.4, 0.5) is 8.78 Å². The van der Waals surface area contributed by atoms with E-state index >= 15 is 0 Å². The molecule has 0 spiro atoms. The Morgan fingerprint density at radius 1 is 1.45 bits per heavy atom. The van der Waals surface area contributed by atoms with Gasteiger partial charge in [0, 0.05) is 6.54 Å². The van der Waals surface area contributed by atoms with Gasteiger partial charge in [-0.15, -0.1) is 0 Å². The molecule has 1 aromatic carbocycles. The molecule has 0 saturated carbocycles. The number of piperidine rings is 1. The van der Waals surface area contributed by atoms with Gasteiger partial charge >= 0.3 is 0 Å². The van der Waals surface area contributed by atoms with Gasteiger partial charge < -0.3 is 10.0 Å². The smallest absolute Gasteiger partial charge is 0.257 e. The second kappa shape index (κ2) is 5.87. The van der Waals surface area contributed by atoms with Gasteiger partial charge in [0.05, 0.1) is 17.7 Å². The molecule has 1 fully saturated rings. The summed E-state index contributed by atoms with van der Waals surface area (Å²) in [6.07, 6.45) is 0.769. The number of benzene rings is 1. The van der Waals surface area contributed by atoms with Crippen LogP contribution in [0.1, 0.15) is 37.0 Å². The van der Waals surface area contributed by atoms with Crippen LogP contribution >= 0.6 is 0 Å². The molecule has 110 valence electrons. The van der Waals surface area contributed by atoms with Gasteiger partial charge in [-0.3, -0.25) is 4.79 Å². The van der Waals surface area contributed by atoms with Crippen molar-refractivity contribution in [2.24, 2.45) is 5.92 Å². The van der Waals surface area contributed by atoms with Crippen LogP contribution < -0.4 is 0 Å². The fraction of sp³-hybridized carbons (Fsp3) is 0.533. The Morgan fingerprint density at radius 3 is 2.80 bits per heavy atom. The molecule has 1 aliphatic heterocycles. The molecule has 1 aliphatic rings. The number of rotatable bonds is 2. The lowest BCUT2D eigenvalue weighted by molar-refractivity contribution is 0.0183. The second-order valence-electron chi connectivity index (χ2n) is 5.54. The van der Waals surface area contributed by atoms with Crippen LogP contribution in [0, 0.1) is 17.6 Å². The van der Waals surface area contributed by atoms with Crippen molar-refractivity contribution in [1.82, 2.24) is 4.90 Å². The minimum Gasteiger partial charge on any atom is -0.391 e. The molecule has 0 aliphatic carbocycles. The highest BCUT2D eigenvalue weighted by atomic mass is 19.2. The van der Waals surface area contributed by atoms with Gasteiger partial charge in [0.2, 0.25) is 0 Å². The van der Waals surface area contributed by atoms with Crippen LogP contribution in [0.2, 0.25) is 0 Å². The number of hydrogen-bond donors (Lipinski definition) is 1. The highest BCUT2D eigenvalue weighted by molar-refractivity contribution is 5.94. The average molecular weight is 283 g/mol. The van der Waals surface area contributed by atoms with E-state index in [1.54, 1.807) is 6.92 Å². The molecule has 5 heteroatoms. The lowest BCUT2D eigenvalue weighted by Gasteiger charge is -2.40. The molecule has 2 rings (SSSR count). The van der Waals surface area contributed by atoms with Crippen molar-refractivity contribution in [2.45, 2.75) is 38.8 Å². The number of amides is 1. The van der Waals surface area contributed by atoms with E-state index in [1.165, 1.54) is 17.0 Å². The van der Waals surface area contributed by atoms with Gasteiger partial charge in [-0.2, -0.15) is 0 Å². The summed E-state index contributed by atoms with van der Waals surface area (Å²) in [6, 6.07) is 3.22. The molecule has 3 atom stereocenters. The number of carbonyl (C=O) groups is 1. The summed E-state index contributed by atoms with van der Waals surface area (Å²) >= 11 is 0. The maximum absolute atomic E-state index is 13.7. The normalized spacial score (nSPS) is 24.6. The van der Waals surface area contributed by atoms with Crippen molar-refractivity contribution >= 4 is 5.91 Å². The fourth-order valence-corrected chi connectivity index (χ4v) is 2.72. The van der Waals surface area contributed by atoms with Gasteiger partial charge in [-0.1, -0.05) is 13.0 Å². The van der Waals surface area contributed by atoms with E-state index < -0.39 is 23.6 Å². The lowest BCUT2D eigenvalue weighted by Crippen LogP contribution is -2.50. The Morgan fingerprint density at radius 2 is 2.15 bits per heavy atom. The van der Waals surface area contributed by atoms with E-state index in [-0.39, 0.29) is 11.6 Å². The minimum absolute atomic E-state index is 0.273. The van der Waals surface area contributed by atoms with Crippen molar-refractivity contribution in [3.63, 3.8) is 0 Å². The third kappa shape index (κ3) is 2.82. The minimum atomic E-state index is -1.12. The summed E-state index contributed by atoms with van der Waals surface area (Å²) in [5, 5.41) is 9.82. The Balaban J connectivity index is 2.29. The first kappa shape index (κ1) is 14.9. The summed E-state index contributed by atoms with van der Waals surface area (Å²) in [5.74, 6) is -2.31. The van der Waals surface area contributed by atoms with Crippen molar-refractivity contribution in [2.75, 3.05) is 6.54 Å². The quantitative estimate of drug-likeness (QED) is 0.906. The molecule has 0 aromatic heterocycles. The predicted molar refractivity (Wildman–Crippen MR) is 71.3 cm³/mol. The highest BCUT2D eigenvalue weighted by Crippen LogP contribution is 2.27. The molecule has 1 N–H and O–H groups in total. The molecule has 1 aromatic rings. The molecule has 3 nitrogen and oxygen atoms in total. The van der Waals surface area contributed by atoms with Crippen LogP contribution in [-0.2, 0) is 0 Å². The van der Waals surface area contributed by atoms with Gasteiger partial charge in [-0.25, -0.2) is 8.78 Å². The largest absolute Gasteiger partial charge is 0.391 e. The Labute approximate surface area is 117 Å². The molecule has 0 bridgehead atoms. The number of aliphatic hydroxyl groups excluding tert-OH is 1. The zero-order chi connectivity index (χ0) is 14.9. The van der Waals surface area contributed by atoms with E-state index in [1.807, 2.05) is 0 Å². The lowest BCUT2D eigenvalue weighted by atomic mass is 9.89. The summed E-state index contributed by atoms with van der Waals surface area (Å²) in [7, 11) is 0. The number of hydrogen-bond acceptors (Lipinski definition) is 2. The maximum atomic E-state index is 13.7. The highest BCUT2D eigenvalue weighted by Gasteiger charge is 2.34. The van der Waals surface area contributed by atoms with Crippen LogP contribution in [0.15, 0.2) is 18.2 Å². The van der Waals surface area contributed by atoms with Crippen molar-refractivity contribution in [3.05, 3.63) is 35.4 Å². The van der Waals surface area contributed by atoms with E-state index in [9.17, 15) is 18.7 Å². The molecule has 0 unspecified atom stereocenters. The maximum Gasteiger partial charge on any atom is 0.257 e. The Bertz CT molecular complexity index is 505. The van der Waals surface area contributed by atoms with Crippen molar-refractivity contribution < 1.29 is 18.7 Å². The van der Waals surface area contributed by atoms with Crippen molar-refractivity contribution in [1.29, 1.82) is 0 Å². The van der Waals surface area contributed by atoms with E-state index in [0.29, 0.717) is 18.9 Å². The van der Waals surface area contributed by atoms with Crippen LogP contribution in [0.3, 0.4) is 0 Å². The number of halogens is 2. The van der Waals surface area contributed by atoms with Crippen LogP contribution in [-0.4, -0.2) is 34.6 Å². The fourth-order valence-electron chi connectivity index (χ4n) is 2.72. The zero-order valence-corrected chi connectivity index (χ0v) is 11.6. The summed E-state index contributed by atoms with van der Waals surface area (Å²) in [5.41, 5.74) is -0.273. The number of aliphatic hydroxyl groups is 1. The average Bonchev–Trinajstić information content (AvgIpc) is 2.41. The van der Waals surface area contributed by atoms with E-state index in [0.717, 1.165) is 12.5 Å². The number of nitrogens with zero attached hydrogens (tertiary/aromatic N) is 1. The molecule has 20 heavy (non-hydrogen) atoms. The zero-order valence-electron chi connectivity index (χ0n) is 11.6. The molecule has 1 amide bonds. The molecule has 1 heterocycles. The standard InChI is InChI=1S/C15H19F2NO2/c1-9-6-7-18(13(8-9)10(2)19)15(20)11-4-3-5-12(16)14(11)17/h3-5,9-10,13,19H,6-8H2,1-2H3/t9-,10+,13+/m1/s1. The first-order chi connectivity index (χ1) is 9.41. The summed E-state index contributed by atoms with van der Waals surface area (Å²) in [4.78, 5) is 13.9. The van der Waals surface area contributed by atoms with Crippen LogP contribution in [0.5, 0.6) is 0 Å². The van der Waals surface area contributed by atoms with E-state index in [2.05, 4.69) is 6.92 Å². The Hall–Kier alpha value is -1.49. The van der Waals surface area contributed by atoms with Crippen molar-refractivity contribution in [3.8, 4) is 0 Å². The molecule has 0 radical (unpaired) electrons. The third-order valence-corrected chi connectivity index (χ3v) is 3.91. The topological polar surface area (TPSA) is 40.5 Å². The van der Waals surface area contributed by atoms with Gasteiger partial charge in [0.25, 0.3) is 5.91 Å². The van der Waals surface area contributed by atoms with Gasteiger partial charge in [0.15, 0.2) is 11.6 Å². The summed E-state index contributed by atoms with van der Waals surface area (Å²) in [6.45, 7) is 4.12. The predicted octanol–water partition coefficient (Wildman–Crippen LogP) is 2.59. The first-order valence-corrected chi connectivity index (χ1v) is 6.85. The molecule has 1 saturated heterocycles. The molecular weight excluding hydrogens is 264 g/mol. The Kier molecular flexibility index (Phi) is 4.38. The van der Waals surface area contributed by atoms with E-state index in [4.69, 9.17) is 0 Å². The SMILES string of the molecule is C[C@@H]1CCN(C(=O)c2cccc(F)c2F)[C@H]([C@H](C)O)C1. The third-order valence-electron chi connectivity index (χ3n) is 3.91. The molecular formula is C15H19F2NO2. The second-order valence-corrected chi connectivity index (χ2v) is 5.54.